The van der Waals surface area contributed by atoms with Crippen LogP contribution in [0.5, 0.6) is 5.75 Å². The van der Waals surface area contributed by atoms with Crippen LogP contribution < -0.4 is 4.74 Å². The first kappa shape index (κ1) is 19.5. The van der Waals surface area contributed by atoms with E-state index < -0.39 is 23.7 Å². The number of hydrogen-bond acceptors (Lipinski definition) is 1. The normalized spacial score (nSPS) is 30.2. The minimum atomic E-state index is -3.35. The van der Waals surface area contributed by atoms with E-state index >= 15 is 0 Å². The molecule has 2 aliphatic carbocycles. The van der Waals surface area contributed by atoms with E-state index in [1.807, 2.05) is 0 Å². The van der Waals surface area contributed by atoms with Crippen LogP contribution in [0.25, 0.3) is 0 Å². The lowest BCUT2D eigenvalue weighted by Crippen LogP contribution is -2.37. The molecule has 0 atom stereocenters. The Balaban J connectivity index is 1.49. The predicted molar refractivity (Wildman–Crippen MR) is 93.1 cm³/mol. The van der Waals surface area contributed by atoms with Gasteiger partial charge in [0.2, 0.25) is 0 Å². The number of rotatable bonds is 5. The van der Waals surface area contributed by atoms with Gasteiger partial charge < -0.3 is 4.74 Å². The summed E-state index contributed by atoms with van der Waals surface area (Å²) >= 11 is 0. The Morgan fingerprint density at radius 1 is 0.885 bits per heavy atom. The molecule has 3 rings (SSSR count). The maximum Gasteiger partial charge on any atom is 0.400 e. The van der Waals surface area contributed by atoms with Crippen LogP contribution in [0.15, 0.2) is 18.2 Å². The molecule has 0 unspecified atom stereocenters. The maximum atomic E-state index is 14.4. The van der Waals surface area contributed by atoms with Crippen molar-refractivity contribution >= 4 is 0 Å². The van der Waals surface area contributed by atoms with Crippen LogP contribution >= 0.6 is 0 Å². The molecule has 0 radical (unpaired) electrons. The Hall–Kier alpha value is -1.26. The van der Waals surface area contributed by atoms with Crippen LogP contribution in [-0.4, -0.2) is 6.11 Å². The van der Waals surface area contributed by atoms with Crippen molar-refractivity contribution in [2.24, 2.45) is 23.7 Å². The van der Waals surface area contributed by atoms with Crippen molar-refractivity contribution in [1.82, 2.24) is 0 Å². The predicted octanol–water partition coefficient (Wildman–Crippen LogP) is 6.96. The molecule has 1 aromatic carbocycles. The molecule has 0 spiro atoms. The van der Waals surface area contributed by atoms with Gasteiger partial charge in [-0.05, 0) is 62.0 Å². The third kappa shape index (κ3) is 4.92. The van der Waals surface area contributed by atoms with Gasteiger partial charge in [-0.3, -0.25) is 0 Å². The summed E-state index contributed by atoms with van der Waals surface area (Å²) in [7, 11) is 0. The molecule has 1 nitrogen and oxygen atoms in total. The lowest BCUT2D eigenvalue weighted by molar-refractivity contribution is -0.223. The van der Waals surface area contributed by atoms with Gasteiger partial charge in [0, 0.05) is 6.07 Å². The van der Waals surface area contributed by atoms with Gasteiger partial charge >= 0.3 is 6.11 Å². The highest BCUT2D eigenvalue weighted by atomic mass is 19.3. The highest BCUT2D eigenvalue weighted by Crippen LogP contribution is 2.43. The molecule has 26 heavy (non-hydrogen) atoms. The van der Waals surface area contributed by atoms with Gasteiger partial charge in [-0.25, -0.2) is 8.78 Å². The van der Waals surface area contributed by atoms with Gasteiger partial charge in [0.15, 0.2) is 11.6 Å². The van der Waals surface area contributed by atoms with E-state index in [9.17, 15) is 17.6 Å². The number of alkyl halides is 2. The number of halogens is 4. The SMILES string of the molecule is CC1CCC(CC2CCC(C(F)(F)Oc3ccc(F)c(F)c3)CC2)CC1. The Kier molecular flexibility index (Phi) is 6.13. The highest BCUT2D eigenvalue weighted by molar-refractivity contribution is 5.24. The summed E-state index contributed by atoms with van der Waals surface area (Å²) in [6, 6.07) is 2.53. The smallest absolute Gasteiger partial charge is 0.400 e. The van der Waals surface area contributed by atoms with Crippen molar-refractivity contribution in [3.63, 3.8) is 0 Å². The lowest BCUT2D eigenvalue weighted by atomic mass is 9.73. The summed E-state index contributed by atoms with van der Waals surface area (Å²) < 4.78 is 59.7. The molecule has 0 saturated heterocycles. The molecule has 146 valence electrons. The second kappa shape index (κ2) is 8.18. The average Bonchev–Trinajstić information content (AvgIpc) is 2.60. The molecule has 0 bridgehead atoms. The monoisotopic (exact) mass is 372 g/mol. The van der Waals surface area contributed by atoms with E-state index in [0.29, 0.717) is 24.8 Å². The standard InChI is InChI=1S/C21H28F4O/c1-14-2-4-15(5-3-14)12-16-6-8-17(9-7-16)21(24,25)26-18-10-11-19(22)20(23)13-18/h10-11,13-17H,2-9,12H2,1H3. The Bertz CT molecular complexity index is 588. The van der Waals surface area contributed by atoms with Gasteiger partial charge in [-0.2, -0.15) is 8.78 Å². The molecule has 0 N–H and O–H groups in total. The molecule has 2 saturated carbocycles. The largest absolute Gasteiger partial charge is 0.432 e. The average molecular weight is 372 g/mol. The Morgan fingerprint density at radius 2 is 1.46 bits per heavy atom. The van der Waals surface area contributed by atoms with Gasteiger partial charge in [-0.15, -0.1) is 0 Å². The fourth-order valence-electron chi connectivity index (χ4n) is 4.55. The van der Waals surface area contributed by atoms with Crippen molar-refractivity contribution in [1.29, 1.82) is 0 Å². The number of ether oxygens (including phenoxy) is 1. The van der Waals surface area contributed by atoms with Gasteiger partial charge in [0.05, 0.1) is 5.92 Å². The molecule has 0 aromatic heterocycles. The second-order valence-corrected chi connectivity index (χ2v) is 8.32. The molecular weight excluding hydrogens is 344 g/mol. The third-order valence-corrected chi connectivity index (χ3v) is 6.27. The maximum absolute atomic E-state index is 14.4. The van der Waals surface area contributed by atoms with E-state index in [0.717, 1.165) is 43.2 Å². The zero-order valence-corrected chi connectivity index (χ0v) is 15.3. The summed E-state index contributed by atoms with van der Waals surface area (Å²) in [5, 5.41) is 0. The molecule has 0 heterocycles. The summed E-state index contributed by atoms with van der Waals surface area (Å²) in [4.78, 5) is 0. The fourth-order valence-corrected chi connectivity index (χ4v) is 4.55. The van der Waals surface area contributed by atoms with Crippen molar-refractivity contribution in [2.45, 2.75) is 70.8 Å². The number of hydrogen-bond donors (Lipinski definition) is 0. The van der Waals surface area contributed by atoms with Crippen molar-refractivity contribution in [2.75, 3.05) is 0 Å². The van der Waals surface area contributed by atoms with E-state index in [4.69, 9.17) is 4.74 Å². The first-order valence-corrected chi connectivity index (χ1v) is 9.85. The summed E-state index contributed by atoms with van der Waals surface area (Å²) in [5.41, 5.74) is 0. The van der Waals surface area contributed by atoms with Gasteiger partial charge in [-0.1, -0.05) is 32.6 Å². The highest BCUT2D eigenvalue weighted by Gasteiger charge is 2.44. The summed E-state index contributed by atoms with van der Waals surface area (Å²) in [6.45, 7) is 2.30. The van der Waals surface area contributed by atoms with E-state index in [2.05, 4.69) is 6.92 Å². The van der Waals surface area contributed by atoms with Gasteiger partial charge in [0.1, 0.15) is 5.75 Å². The van der Waals surface area contributed by atoms with Crippen molar-refractivity contribution < 1.29 is 22.3 Å². The quantitative estimate of drug-likeness (QED) is 0.508. The number of benzene rings is 1. The van der Waals surface area contributed by atoms with Crippen LogP contribution in [0.1, 0.15) is 64.7 Å². The lowest BCUT2D eigenvalue weighted by Gasteiger charge is -2.35. The second-order valence-electron chi connectivity index (χ2n) is 8.32. The Morgan fingerprint density at radius 3 is 2.04 bits per heavy atom. The van der Waals surface area contributed by atoms with E-state index in [1.54, 1.807) is 0 Å². The fraction of sp³-hybridized carbons (Fsp3) is 0.714. The first-order valence-electron chi connectivity index (χ1n) is 9.85. The van der Waals surface area contributed by atoms with Crippen LogP contribution in [0.2, 0.25) is 0 Å². The molecular formula is C21H28F4O. The molecule has 2 fully saturated rings. The van der Waals surface area contributed by atoms with E-state index in [1.165, 1.54) is 25.7 Å². The van der Waals surface area contributed by atoms with Crippen LogP contribution in [-0.2, 0) is 0 Å². The van der Waals surface area contributed by atoms with Gasteiger partial charge in [0.25, 0.3) is 0 Å². The molecule has 0 amide bonds. The van der Waals surface area contributed by atoms with Crippen LogP contribution in [0, 0.1) is 35.3 Å². The summed E-state index contributed by atoms with van der Waals surface area (Å²) in [6.07, 6.45) is 5.38. The van der Waals surface area contributed by atoms with Crippen molar-refractivity contribution in [3.05, 3.63) is 29.8 Å². The summed E-state index contributed by atoms with van der Waals surface area (Å²) in [5.74, 6) is -1.32. The molecule has 0 aliphatic heterocycles. The zero-order chi connectivity index (χ0) is 18.7. The Labute approximate surface area is 153 Å². The van der Waals surface area contributed by atoms with Crippen molar-refractivity contribution in [3.8, 4) is 5.75 Å². The topological polar surface area (TPSA) is 9.23 Å². The molecule has 5 heteroatoms. The zero-order valence-electron chi connectivity index (χ0n) is 15.3. The van der Waals surface area contributed by atoms with Crippen LogP contribution in [0.3, 0.4) is 0 Å². The molecule has 1 aromatic rings. The van der Waals surface area contributed by atoms with Crippen LogP contribution in [0.4, 0.5) is 17.6 Å². The third-order valence-electron chi connectivity index (χ3n) is 6.27. The first-order chi connectivity index (χ1) is 12.3. The minimum Gasteiger partial charge on any atom is -0.432 e. The van der Waals surface area contributed by atoms with E-state index in [-0.39, 0.29) is 5.75 Å². The minimum absolute atomic E-state index is 0.327. The molecule has 2 aliphatic rings.